The highest BCUT2D eigenvalue weighted by Gasteiger charge is 2.74. The van der Waals surface area contributed by atoms with Gasteiger partial charge >= 0.3 is 11.9 Å². The molecule has 0 bridgehead atoms. The Morgan fingerprint density at radius 2 is 1.96 bits per heavy atom. The molecule has 7 nitrogen and oxygen atoms in total. The van der Waals surface area contributed by atoms with Crippen molar-refractivity contribution in [3.05, 3.63) is 11.6 Å². The molecule has 0 aromatic heterocycles. The van der Waals surface area contributed by atoms with E-state index in [4.69, 9.17) is 18.9 Å². The van der Waals surface area contributed by atoms with Crippen LogP contribution in [0.2, 0.25) is 0 Å². The van der Waals surface area contributed by atoms with Gasteiger partial charge in [0.05, 0.1) is 24.2 Å². The second-order valence-corrected chi connectivity index (χ2v) is 9.49. The summed E-state index contributed by atoms with van der Waals surface area (Å²) in [4.78, 5) is 36.4. The number of esters is 2. The first kappa shape index (κ1) is 18.3. The third-order valence-electron chi connectivity index (χ3n) is 8.10. The molecule has 0 aromatic carbocycles. The molecule has 152 valence electrons. The summed E-state index contributed by atoms with van der Waals surface area (Å²) in [7, 11) is 0. The van der Waals surface area contributed by atoms with E-state index in [1.165, 1.54) is 13.8 Å². The van der Waals surface area contributed by atoms with E-state index in [0.29, 0.717) is 13.0 Å². The minimum atomic E-state index is -1.16. The van der Waals surface area contributed by atoms with Gasteiger partial charge in [-0.15, -0.1) is 0 Å². The molecule has 5 aliphatic rings. The van der Waals surface area contributed by atoms with Gasteiger partial charge in [0.25, 0.3) is 0 Å². The summed E-state index contributed by atoms with van der Waals surface area (Å²) in [6.45, 7) is 7.53. The van der Waals surface area contributed by atoms with E-state index in [9.17, 15) is 14.4 Å². The average Bonchev–Trinajstić information content (AvgIpc) is 3.35. The standard InChI is InChI=1S/C21H26O7/c1-10(22)21(28-11(2)23)6-5-12-15-17-16(27-17)13-7-14(24)25-8-19(13,3)18(15)26-9-20(12,21)4/h7,12,15-18H,5-6,8-9H2,1-4H3/t12-,15+,16+,17-,18-,19-,20-,21-/m0/s1. The SMILES string of the molecule is CC(=O)O[C@]1(C(C)=O)CC[C@H]2[C@@H]3[C@@H]4O[C@@H]4C4=CC(=O)OC[C@]4(C)[C@H]3OC[C@@]21C. The molecule has 0 amide bonds. The maximum atomic E-state index is 12.7. The summed E-state index contributed by atoms with van der Waals surface area (Å²) in [5.74, 6) is -0.705. The number of ether oxygens (including phenoxy) is 4. The largest absolute Gasteiger partial charge is 0.461 e. The molecule has 4 fully saturated rings. The number of carbonyl (C=O) groups is 3. The molecule has 8 atom stereocenters. The Labute approximate surface area is 163 Å². The van der Waals surface area contributed by atoms with E-state index in [0.717, 1.165) is 12.0 Å². The van der Waals surface area contributed by atoms with Crippen molar-refractivity contribution < 1.29 is 33.3 Å². The molecule has 5 rings (SSSR count). The zero-order valence-corrected chi connectivity index (χ0v) is 16.7. The molecule has 28 heavy (non-hydrogen) atoms. The van der Waals surface area contributed by atoms with Crippen LogP contribution in [0.25, 0.3) is 0 Å². The second kappa shape index (κ2) is 5.45. The van der Waals surface area contributed by atoms with Crippen molar-refractivity contribution in [1.82, 2.24) is 0 Å². The lowest BCUT2D eigenvalue weighted by molar-refractivity contribution is -0.225. The van der Waals surface area contributed by atoms with E-state index in [2.05, 4.69) is 6.92 Å². The fourth-order valence-electron chi connectivity index (χ4n) is 6.72. The molecule has 3 heterocycles. The van der Waals surface area contributed by atoms with E-state index >= 15 is 0 Å². The van der Waals surface area contributed by atoms with Gasteiger partial charge in [-0.05, 0) is 38.2 Å². The van der Waals surface area contributed by atoms with E-state index < -0.39 is 22.4 Å². The van der Waals surface area contributed by atoms with Crippen LogP contribution in [0.4, 0.5) is 0 Å². The number of rotatable bonds is 2. The van der Waals surface area contributed by atoms with Crippen LogP contribution < -0.4 is 0 Å². The average molecular weight is 390 g/mol. The number of cyclic esters (lactones) is 1. The highest BCUT2D eigenvalue weighted by Crippen LogP contribution is 2.67. The molecule has 0 aromatic rings. The van der Waals surface area contributed by atoms with Crippen LogP contribution in [0.3, 0.4) is 0 Å². The summed E-state index contributed by atoms with van der Waals surface area (Å²) in [6, 6.07) is 0. The smallest absolute Gasteiger partial charge is 0.330 e. The van der Waals surface area contributed by atoms with E-state index in [1.807, 2.05) is 6.92 Å². The topological polar surface area (TPSA) is 91.4 Å². The lowest BCUT2D eigenvalue weighted by atomic mass is 9.55. The van der Waals surface area contributed by atoms with Crippen molar-refractivity contribution in [3.63, 3.8) is 0 Å². The number of hydrogen-bond donors (Lipinski definition) is 0. The molecule has 0 radical (unpaired) electrons. The predicted molar refractivity (Wildman–Crippen MR) is 95.0 cm³/mol. The first-order valence-electron chi connectivity index (χ1n) is 10.0. The van der Waals surface area contributed by atoms with Crippen molar-refractivity contribution in [2.45, 2.75) is 64.4 Å². The summed E-state index contributed by atoms with van der Waals surface area (Å²) < 4.78 is 23.6. The van der Waals surface area contributed by atoms with Gasteiger partial charge in [-0.2, -0.15) is 0 Å². The number of fused-ring (bicyclic) bond motifs is 8. The van der Waals surface area contributed by atoms with Gasteiger partial charge in [-0.1, -0.05) is 6.92 Å². The quantitative estimate of drug-likeness (QED) is 0.522. The monoisotopic (exact) mass is 390 g/mol. The Bertz CT molecular complexity index is 818. The third-order valence-corrected chi connectivity index (χ3v) is 8.10. The summed E-state index contributed by atoms with van der Waals surface area (Å²) in [5.41, 5.74) is -1.23. The Hall–Kier alpha value is -1.73. The van der Waals surface area contributed by atoms with Gasteiger partial charge in [0.15, 0.2) is 11.4 Å². The maximum Gasteiger partial charge on any atom is 0.330 e. The summed E-state index contributed by atoms with van der Waals surface area (Å²) in [6.07, 6.45) is 2.56. The number of carbonyl (C=O) groups excluding carboxylic acids is 3. The molecule has 2 aliphatic carbocycles. The molecule has 0 spiro atoms. The molecule has 0 unspecified atom stereocenters. The zero-order valence-electron chi connectivity index (χ0n) is 16.7. The molecule has 2 saturated heterocycles. The molecular formula is C21H26O7. The lowest BCUT2D eigenvalue weighted by Crippen LogP contribution is -2.65. The van der Waals surface area contributed by atoms with Crippen LogP contribution in [-0.2, 0) is 33.3 Å². The van der Waals surface area contributed by atoms with Crippen LogP contribution >= 0.6 is 0 Å². The molecule has 0 N–H and O–H groups in total. The Kier molecular flexibility index (Phi) is 3.56. The summed E-state index contributed by atoms with van der Waals surface area (Å²) in [5, 5.41) is 0. The zero-order chi connectivity index (χ0) is 20.1. The molecule has 3 aliphatic heterocycles. The van der Waals surface area contributed by atoms with Crippen LogP contribution in [0, 0.1) is 22.7 Å². The van der Waals surface area contributed by atoms with Crippen LogP contribution in [0.15, 0.2) is 11.6 Å². The lowest BCUT2D eigenvalue weighted by Gasteiger charge is -2.56. The highest BCUT2D eigenvalue weighted by atomic mass is 16.6. The highest BCUT2D eigenvalue weighted by molar-refractivity contribution is 5.89. The minimum absolute atomic E-state index is 0.0278. The van der Waals surface area contributed by atoms with Crippen LogP contribution in [0.1, 0.15) is 40.5 Å². The molecule has 7 heteroatoms. The fraction of sp³-hybridized carbons (Fsp3) is 0.762. The van der Waals surface area contributed by atoms with Crippen LogP contribution in [0.5, 0.6) is 0 Å². The van der Waals surface area contributed by atoms with E-state index in [-0.39, 0.29) is 48.5 Å². The second-order valence-electron chi connectivity index (χ2n) is 9.49. The number of Topliss-reactive ketones (excluding diaryl/α,β-unsaturated/α-hetero) is 1. The number of ketones is 1. The Morgan fingerprint density at radius 3 is 2.64 bits per heavy atom. The Balaban J connectivity index is 1.55. The number of epoxide rings is 1. The molecular weight excluding hydrogens is 364 g/mol. The minimum Gasteiger partial charge on any atom is -0.461 e. The summed E-state index contributed by atoms with van der Waals surface area (Å²) >= 11 is 0. The van der Waals surface area contributed by atoms with Crippen molar-refractivity contribution in [1.29, 1.82) is 0 Å². The normalized spacial score (nSPS) is 50.9. The van der Waals surface area contributed by atoms with Gasteiger partial charge in [0, 0.05) is 24.3 Å². The molecule has 2 saturated carbocycles. The van der Waals surface area contributed by atoms with Crippen LogP contribution in [-0.4, -0.2) is 54.8 Å². The number of hydrogen-bond acceptors (Lipinski definition) is 7. The maximum absolute atomic E-state index is 12.7. The van der Waals surface area contributed by atoms with Gasteiger partial charge in [-0.3, -0.25) is 9.59 Å². The van der Waals surface area contributed by atoms with Crippen molar-refractivity contribution in [2.75, 3.05) is 13.2 Å². The van der Waals surface area contributed by atoms with Crippen molar-refractivity contribution in [3.8, 4) is 0 Å². The third kappa shape index (κ3) is 2.04. The van der Waals surface area contributed by atoms with Crippen molar-refractivity contribution in [2.24, 2.45) is 22.7 Å². The van der Waals surface area contributed by atoms with Gasteiger partial charge < -0.3 is 18.9 Å². The van der Waals surface area contributed by atoms with Gasteiger partial charge in [0.2, 0.25) is 0 Å². The van der Waals surface area contributed by atoms with Gasteiger partial charge in [-0.25, -0.2) is 4.79 Å². The first-order valence-corrected chi connectivity index (χ1v) is 10.0. The predicted octanol–water partition coefficient (Wildman–Crippen LogP) is 1.58. The Morgan fingerprint density at radius 1 is 1.21 bits per heavy atom. The fourth-order valence-corrected chi connectivity index (χ4v) is 6.72. The van der Waals surface area contributed by atoms with E-state index in [1.54, 1.807) is 6.08 Å². The van der Waals surface area contributed by atoms with Crippen molar-refractivity contribution >= 4 is 17.7 Å². The first-order chi connectivity index (χ1) is 13.1. The van der Waals surface area contributed by atoms with Gasteiger partial charge in [0.1, 0.15) is 12.7 Å².